The molecule has 2 nitrogen and oxygen atoms in total. The highest BCUT2D eigenvalue weighted by molar-refractivity contribution is 9.10. The molecule has 4 heteroatoms. The number of ether oxygens (including phenoxy) is 1. The fraction of sp³-hybridized carbons (Fsp3) is 0.333. The molecular weight excluding hydrogens is 255 g/mol. The van der Waals surface area contributed by atoms with Crippen LogP contribution in [0.2, 0.25) is 5.02 Å². The van der Waals surface area contributed by atoms with E-state index < -0.39 is 6.10 Å². The number of fused-ring (bicyclic) bond motifs is 1. The Morgan fingerprint density at radius 3 is 3.08 bits per heavy atom. The Bertz CT molecular complexity index is 341. The van der Waals surface area contributed by atoms with Gasteiger partial charge in [0.15, 0.2) is 0 Å². The van der Waals surface area contributed by atoms with Gasteiger partial charge in [-0.2, -0.15) is 0 Å². The van der Waals surface area contributed by atoms with Gasteiger partial charge in [0.25, 0.3) is 0 Å². The van der Waals surface area contributed by atoms with Gasteiger partial charge in [-0.1, -0.05) is 11.6 Å². The van der Waals surface area contributed by atoms with Gasteiger partial charge >= 0.3 is 0 Å². The highest BCUT2D eigenvalue weighted by atomic mass is 79.9. The van der Waals surface area contributed by atoms with E-state index in [9.17, 15) is 5.11 Å². The summed E-state index contributed by atoms with van der Waals surface area (Å²) < 4.78 is 6.17. The number of hydrogen-bond donors (Lipinski definition) is 1. The number of aliphatic hydroxyl groups excluding tert-OH is 1. The van der Waals surface area contributed by atoms with Crippen molar-refractivity contribution < 1.29 is 9.84 Å². The van der Waals surface area contributed by atoms with Gasteiger partial charge in [-0.15, -0.1) is 0 Å². The highest BCUT2D eigenvalue weighted by Crippen LogP contribution is 2.37. The molecule has 2 rings (SSSR count). The van der Waals surface area contributed by atoms with Crippen molar-refractivity contribution in [3.05, 3.63) is 27.2 Å². The largest absolute Gasteiger partial charge is 0.493 e. The molecule has 1 unspecified atom stereocenters. The first-order valence-electron chi connectivity index (χ1n) is 3.98. The fourth-order valence-corrected chi connectivity index (χ4v) is 1.86. The summed E-state index contributed by atoms with van der Waals surface area (Å²) in [5.74, 6) is 0.718. The Labute approximate surface area is 89.6 Å². The third kappa shape index (κ3) is 1.68. The number of benzene rings is 1. The first-order valence-corrected chi connectivity index (χ1v) is 5.15. The van der Waals surface area contributed by atoms with E-state index in [4.69, 9.17) is 16.3 Å². The maximum atomic E-state index is 9.62. The standard InChI is InChI=1S/C9H8BrClO2/c10-6-4-9-5(3-7(6)11)8(12)1-2-13-9/h3-4,8,12H,1-2H2. The fourth-order valence-electron chi connectivity index (χ4n) is 1.37. The van der Waals surface area contributed by atoms with E-state index in [1.807, 2.05) is 0 Å². The van der Waals surface area contributed by atoms with E-state index in [0.29, 0.717) is 18.1 Å². The number of aliphatic hydroxyl groups is 1. The number of rotatable bonds is 0. The molecule has 1 aliphatic heterocycles. The Morgan fingerprint density at radius 2 is 2.31 bits per heavy atom. The average Bonchev–Trinajstić information content (AvgIpc) is 2.09. The van der Waals surface area contributed by atoms with Crippen molar-refractivity contribution in [3.8, 4) is 5.75 Å². The summed E-state index contributed by atoms with van der Waals surface area (Å²) in [6.45, 7) is 0.558. The lowest BCUT2D eigenvalue weighted by Gasteiger charge is -2.22. The lowest BCUT2D eigenvalue weighted by Crippen LogP contribution is -2.13. The van der Waals surface area contributed by atoms with Crippen molar-refractivity contribution in [3.63, 3.8) is 0 Å². The van der Waals surface area contributed by atoms with Crippen LogP contribution in [-0.4, -0.2) is 11.7 Å². The molecule has 1 aromatic rings. The highest BCUT2D eigenvalue weighted by Gasteiger charge is 2.20. The van der Waals surface area contributed by atoms with Crippen molar-refractivity contribution in [2.45, 2.75) is 12.5 Å². The summed E-state index contributed by atoms with van der Waals surface area (Å²) >= 11 is 9.20. The SMILES string of the molecule is OC1CCOc2cc(Br)c(Cl)cc21. The van der Waals surface area contributed by atoms with Gasteiger partial charge in [0.05, 0.1) is 17.7 Å². The molecule has 70 valence electrons. The summed E-state index contributed by atoms with van der Waals surface area (Å²) in [4.78, 5) is 0. The quantitative estimate of drug-likeness (QED) is 0.780. The van der Waals surface area contributed by atoms with E-state index in [1.54, 1.807) is 12.1 Å². The smallest absolute Gasteiger partial charge is 0.126 e. The topological polar surface area (TPSA) is 29.5 Å². The van der Waals surface area contributed by atoms with Crippen molar-refractivity contribution in [2.75, 3.05) is 6.61 Å². The molecular formula is C9H8BrClO2. The predicted octanol–water partition coefficient (Wildman–Crippen LogP) is 2.92. The summed E-state index contributed by atoms with van der Waals surface area (Å²) in [5.41, 5.74) is 0.777. The Hall–Kier alpha value is -0.250. The molecule has 1 heterocycles. The predicted molar refractivity (Wildman–Crippen MR) is 54.2 cm³/mol. The van der Waals surface area contributed by atoms with Crippen molar-refractivity contribution in [1.29, 1.82) is 0 Å². The van der Waals surface area contributed by atoms with Crippen LogP contribution >= 0.6 is 27.5 Å². The van der Waals surface area contributed by atoms with E-state index in [2.05, 4.69) is 15.9 Å². The Morgan fingerprint density at radius 1 is 1.54 bits per heavy atom. The van der Waals surface area contributed by atoms with Gasteiger partial charge in [0.1, 0.15) is 5.75 Å². The van der Waals surface area contributed by atoms with Crippen LogP contribution in [0.1, 0.15) is 18.1 Å². The van der Waals surface area contributed by atoms with Crippen LogP contribution in [0.3, 0.4) is 0 Å². The molecule has 0 fully saturated rings. The van der Waals surface area contributed by atoms with E-state index >= 15 is 0 Å². The normalized spacial score (nSPS) is 20.7. The minimum absolute atomic E-state index is 0.450. The lowest BCUT2D eigenvalue weighted by atomic mass is 10.0. The Kier molecular flexibility index (Phi) is 2.49. The van der Waals surface area contributed by atoms with Crippen molar-refractivity contribution >= 4 is 27.5 Å². The molecule has 0 saturated carbocycles. The van der Waals surface area contributed by atoms with Gasteiger partial charge in [0, 0.05) is 16.5 Å². The second kappa shape index (κ2) is 3.48. The Balaban J connectivity index is 2.52. The van der Waals surface area contributed by atoms with Crippen LogP contribution in [0, 0.1) is 0 Å². The molecule has 1 atom stereocenters. The first kappa shape index (κ1) is 9.31. The molecule has 0 spiro atoms. The third-order valence-electron chi connectivity index (χ3n) is 2.06. The molecule has 1 aliphatic rings. The lowest BCUT2D eigenvalue weighted by molar-refractivity contribution is 0.115. The molecule has 13 heavy (non-hydrogen) atoms. The van der Waals surface area contributed by atoms with Crippen LogP contribution in [-0.2, 0) is 0 Å². The van der Waals surface area contributed by atoms with Gasteiger partial charge in [-0.3, -0.25) is 0 Å². The minimum atomic E-state index is -0.450. The summed E-state index contributed by atoms with van der Waals surface area (Å²) in [6.07, 6.45) is 0.180. The molecule has 0 radical (unpaired) electrons. The van der Waals surface area contributed by atoms with Crippen LogP contribution in [0.15, 0.2) is 16.6 Å². The molecule has 1 aromatic carbocycles. The van der Waals surface area contributed by atoms with Crippen LogP contribution in [0.4, 0.5) is 0 Å². The molecule has 0 aliphatic carbocycles. The summed E-state index contributed by atoms with van der Waals surface area (Å²) in [7, 11) is 0. The summed E-state index contributed by atoms with van der Waals surface area (Å²) in [6, 6.07) is 3.53. The van der Waals surface area contributed by atoms with Crippen LogP contribution in [0.5, 0.6) is 5.75 Å². The molecule has 0 saturated heterocycles. The van der Waals surface area contributed by atoms with Gasteiger partial charge in [0.2, 0.25) is 0 Å². The molecule has 1 N–H and O–H groups in total. The van der Waals surface area contributed by atoms with E-state index in [-0.39, 0.29) is 0 Å². The van der Waals surface area contributed by atoms with E-state index in [0.717, 1.165) is 15.8 Å². The number of halogens is 2. The second-order valence-electron chi connectivity index (χ2n) is 2.96. The molecule has 0 amide bonds. The van der Waals surface area contributed by atoms with Gasteiger partial charge in [-0.25, -0.2) is 0 Å². The van der Waals surface area contributed by atoms with Crippen LogP contribution < -0.4 is 4.74 Å². The summed E-state index contributed by atoms with van der Waals surface area (Å²) in [5, 5.41) is 10.2. The minimum Gasteiger partial charge on any atom is -0.493 e. The zero-order valence-electron chi connectivity index (χ0n) is 6.76. The molecule has 0 bridgehead atoms. The first-order chi connectivity index (χ1) is 6.18. The maximum Gasteiger partial charge on any atom is 0.126 e. The van der Waals surface area contributed by atoms with Gasteiger partial charge in [-0.05, 0) is 28.1 Å². The maximum absolute atomic E-state index is 9.62. The molecule has 0 aromatic heterocycles. The zero-order valence-corrected chi connectivity index (χ0v) is 9.10. The van der Waals surface area contributed by atoms with E-state index in [1.165, 1.54) is 0 Å². The zero-order chi connectivity index (χ0) is 9.42. The van der Waals surface area contributed by atoms with Crippen LogP contribution in [0.25, 0.3) is 0 Å². The van der Waals surface area contributed by atoms with Gasteiger partial charge < -0.3 is 9.84 Å². The third-order valence-corrected chi connectivity index (χ3v) is 3.26. The number of hydrogen-bond acceptors (Lipinski definition) is 2. The monoisotopic (exact) mass is 262 g/mol. The van der Waals surface area contributed by atoms with Crippen molar-refractivity contribution in [1.82, 2.24) is 0 Å². The van der Waals surface area contributed by atoms with Crippen molar-refractivity contribution in [2.24, 2.45) is 0 Å². The second-order valence-corrected chi connectivity index (χ2v) is 4.22. The average molecular weight is 264 g/mol.